The average Bonchev–Trinajstić information content (AvgIpc) is 3.30. The van der Waals surface area contributed by atoms with E-state index in [1.807, 2.05) is 22.9 Å². The minimum atomic E-state index is -0.276. The van der Waals surface area contributed by atoms with E-state index in [0.717, 1.165) is 21.9 Å². The van der Waals surface area contributed by atoms with E-state index in [4.69, 9.17) is 15.6 Å². The van der Waals surface area contributed by atoms with E-state index < -0.39 is 0 Å². The number of hydrogen-bond donors (Lipinski definition) is 3. The van der Waals surface area contributed by atoms with Crippen molar-refractivity contribution in [2.45, 2.75) is 26.3 Å². The highest BCUT2D eigenvalue weighted by molar-refractivity contribution is 6.08. The van der Waals surface area contributed by atoms with Crippen LogP contribution in [-0.4, -0.2) is 50.9 Å². The standard InChI is InChI=1S/C21H25N7O2/c1-21(2,3)28-19-16(18(22)25-11-26-19)17(27-28)12-5-6-13-14(10-24-15(13)9-12)20(29)23-7-8-30-4/h5-6,9-11,24H,7-8H2,1-4H3,(H,23,29)(H2,22,25,26). The third kappa shape index (κ3) is 3.37. The third-order valence-corrected chi connectivity index (χ3v) is 4.92. The second-order valence-electron chi connectivity index (χ2n) is 8.10. The van der Waals surface area contributed by atoms with E-state index in [1.165, 1.54) is 6.33 Å². The number of amides is 1. The van der Waals surface area contributed by atoms with E-state index >= 15 is 0 Å². The van der Waals surface area contributed by atoms with Crippen LogP contribution < -0.4 is 11.1 Å². The average molecular weight is 407 g/mol. The van der Waals surface area contributed by atoms with Crippen LogP contribution in [-0.2, 0) is 10.3 Å². The molecular weight excluding hydrogens is 382 g/mol. The van der Waals surface area contributed by atoms with E-state index in [-0.39, 0.29) is 11.4 Å². The van der Waals surface area contributed by atoms with Crippen LogP contribution in [0.15, 0.2) is 30.7 Å². The molecule has 0 aliphatic rings. The van der Waals surface area contributed by atoms with Crippen LogP contribution >= 0.6 is 0 Å². The smallest absolute Gasteiger partial charge is 0.253 e. The van der Waals surface area contributed by atoms with Gasteiger partial charge in [-0.05, 0) is 26.8 Å². The van der Waals surface area contributed by atoms with Crippen molar-refractivity contribution in [3.63, 3.8) is 0 Å². The van der Waals surface area contributed by atoms with Gasteiger partial charge in [0.15, 0.2) is 5.65 Å². The molecule has 0 fully saturated rings. The molecule has 3 aromatic heterocycles. The molecule has 4 N–H and O–H groups in total. The third-order valence-electron chi connectivity index (χ3n) is 4.92. The first-order valence-electron chi connectivity index (χ1n) is 9.69. The predicted octanol–water partition coefficient (Wildman–Crippen LogP) is 2.69. The minimum absolute atomic E-state index is 0.147. The quantitative estimate of drug-likeness (QED) is 0.437. The summed E-state index contributed by atoms with van der Waals surface area (Å²) in [5, 5.41) is 9.21. The highest BCUT2D eigenvalue weighted by Crippen LogP contribution is 2.34. The molecule has 4 rings (SSSR count). The molecule has 9 nitrogen and oxygen atoms in total. The zero-order chi connectivity index (χ0) is 21.5. The second-order valence-corrected chi connectivity index (χ2v) is 8.10. The number of benzene rings is 1. The fourth-order valence-corrected chi connectivity index (χ4v) is 3.47. The molecule has 0 bridgehead atoms. The molecular formula is C21H25N7O2. The normalized spacial score (nSPS) is 12.0. The maximum absolute atomic E-state index is 12.4. The van der Waals surface area contributed by atoms with Crippen molar-refractivity contribution in [2.24, 2.45) is 0 Å². The highest BCUT2D eigenvalue weighted by Gasteiger charge is 2.24. The predicted molar refractivity (Wildman–Crippen MR) is 116 cm³/mol. The molecule has 156 valence electrons. The van der Waals surface area contributed by atoms with Crippen LogP contribution in [0, 0.1) is 0 Å². The van der Waals surface area contributed by atoms with Crippen LogP contribution in [0.25, 0.3) is 33.2 Å². The summed E-state index contributed by atoms with van der Waals surface area (Å²) in [7, 11) is 1.60. The fraction of sp³-hybridized carbons (Fsp3) is 0.333. The molecule has 0 radical (unpaired) electrons. The summed E-state index contributed by atoms with van der Waals surface area (Å²) in [4.78, 5) is 24.2. The lowest BCUT2D eigenvalue weighted by atomic mass is 10.1. The van der Waals surface area contributed by atoms with Crippen molar-refractivity contribution in [1.82, 2.24) is 30.0 Å². The van der Waals surface area contributed by atoms with E-state index in [1.54, 1.807) is 13.3 Å². The van der Waals surface area contributed by atoms with Gasteiger partial charge in [0.1, 0.15) is 17.8 Å². The maximum atomic E-state index is 12.4. The van der Waals surface area contributed by atoms with Gasteiger partial charge in [-0.3, -0.25) is 4.79 Å². The number of nitrogens with zero attached hydrogens (tertiary/aromatic N) is 4. The van der Waals surface area contributed by atoms with Gasteiger partial charge in [0, 0.05) is 36.3 Å². The number of carbonyl (C=O) groups is 1. The molecule has 30 heavy (non-hydrogen) atoms. The van der Waals surface area contributed by atoms with Crippen molar-refractivity contribution >= 4 is 33.7 Å². The molecule has 0 aliphatic carbocycles. The Morgan fingerprint density at radius 1 is 1.30 bits per heavy atom. The largest absolute Gasteiger partial charge is 0.383 e. The molecule has 1 aromatic carbocycles. The first-order valence-corrected chi connectivity index (χ1v) is 9.69. The Labute approximate surface area is 173 Å². The summed E-state index contributed by atoms with van der Waals surface area (Å²) in [5.41, 5.74) is 9.59. The molecule has 0 saturated carbocycles. The Kier molecular flexibility index (Phi) is 4.90. The number of anilines is 1. The van der Waals surface area contributed by atoms with Crippen LogP contribution in [0.4, 0.5) is 5.82 Å². The molecule has 9 heteroatoms. The fourth-order valence-electron chi connectivity index (χ4n) is 3.47. The van der Waals surface area contributed by atoms with Gasteiger partial charge in [0.2, 0.25) is 0 Å². The van der Waals surface area contributed by atoms with Gasteiger partial charge < -0.3 is 20.8 Å². The summed E-state index contributed by atoms with van der Waals surface area (Å²) in [5.74, 6) is 0.237. The number of aromatic nitrogens is 5. The Hall–Kier alpha value is -3.46. The lowest BCUT2D eigenvalue weighted by Gasteiger charge is -2.19. The van der Waals surface area contributed by atoms with Crippen LogP contribution in [0.3, 0.4) is 0 Å². The van der Waals surface area contributed by atoms with Crippen molar-refractivity contribution < 1.29 is 9.53 Å². The Bertz CT molecular complexity index is 1230. The molecule has 1 amide bonds. The van der Waals surface area contributed by atoms with E-state index in [2.05, 4.69) is 41.0 Å². The number of nitrogens with one attached hydrogen (secondary N) is 2. The molecule has 0 saturated heterocycles. The van der Waals surface area contributed by atoms with Gasteiger partial charge in [-0.2, -0.15) is 5.10 Å². The van der Waals surface area contributed by atoms with Crippen molar-refractivity contribution in [1.29, 1.82) is 0 Å². The maximum Gasteiger partial charge on any atom is 0.253 e. The number of hydrogen-bond acceptors (Lipinski definition) is 6. The minimum Gasteiger partial charge on any atom is -0.383 e. The van der Waals surface area contributed by atoms with E-state index in [9.17, 15) is 4.79 Å². The lowest BCUT2D eigenvalue weighted by Crippen LogP contribution is -2.26. The van der Waals surface area contributed by atoms with Gasteiger partial charge >= 0.3 is 0 Å². The zero-order valence-electron chi connectivity index (χ0n) is 17.5. The number of rotatable bonds is 5. The Balaban J connectivity index is 1.80. The number of nitrogens with two attached hydrogens (primary N) is 1. The molecule has 0 atom stereocenters. The highest BCUT2D eigenvalue weighted by atomic mass is 16.5. The molecule has 3 heterocycles. The summed E-state index contributed by atoms with van der Waals surface area (Å²) < 4.78 is 6.84. The van der Waals surface area contributed by atoms with Crippen molar-refractivity contribution in [2.75, 3.05) is 26.0 Å². The van der Waals surface area contributed by atoms with Gasteiger partial charge in [-0.15, -0.1) is 0 Å². The zero-order valence-corrected chi connectivity index (χ0v) is 17.5. The first-order chi connectivity index (χ1) is 14.3. The van der Waals surface area contributed by atoms with Gasteiger partial charge in [-0.1, -0.05) is 12.1 Å². The number of methoxy groups -OCH3 is 1. The number of fused-ring (bicyclic) bond motifs is 2. The van der Waals surface area contributed by atoms with Gasteiger partial charge in [0.05, 0.1) is 23.1 Å². The molecule has 4 aromatic rings. The number of H-pyrrole nitrogens is 1. The number of aromatic amines is 1. The Morgan fingerprint density at radius 2 is 2.10 bits per heavy atom. The number of carbonyl (C=O) groups excluding carboxylic acids is 1. The summed E-state index contributed by atoms with van der Waals surface area (Å²) in [6, 6.07) is 5.81. The number of ether oxygens (including phenoxy) is 1. The SMILES string of the molecule is COCCNC(=O)c1c[nH]c2cc(-c3nn(C(C)(C)C)c4ncnc(N)c34)ccc12. The van der Waals surface area contributed by atoms with Crippen LogP contribution in [0.5, 0.6) is 0 Å². The second kappa shape index (κ2) is 7.42. The summed E-state index contributed by atoms with van der Waals surface area (Å²) in [6.45, 7) is 7.10. The topological polar surface area (TPSA) is 124 Å². The molecule has 0 aliphatic heterocycles. The van der Waals surface area contributed by atoms with Gasteiger partial charge in [0.25, 0.3) is 5.91 Å². The Morgan fingerprint density at radius 3 is 2.83 bits per heavy atom. The van der Waals surface area contributed by atoms with Gasteiger partial charge in [-0.25, -0.2) is 14.6 Å². The number of nitrogen functional groups attached to an aromatic ring is 1. The lowest BCUT2D eigenvalue weighted by molar-refractivity contribution is 0.0939. The van der Waals surface area contributed by atoms with Crippen molar-refractivity contribution in [3.05, 3.63) is 36.3 Å². The molecule has 0 spiro atoms. The van der Waals surface area contributed by atoms with E-state index in [0.29, 0.717) is 35.9 Å². The summed E-state index contributed by atoms with van der Waals surface area (Å²) >= 11 is 0. The van der Waals surface area contributed by atoms with Crippen LogP contribution in [0.2, 0.25) is 0 Å². The first kappa shape index (κ1) is 19.8. The van der Waals surface area contributed by atoms with Crippen LogP contribution in [0.1, 0.15) is 31.1 Å². The monoisotopic (exact) mass is 407 g/mol. The van der Waals surface area contributed by atoms with Crippen molar-refractivity contribution in [3.8, 4) is 11.3 Å². The summed E-state index contributed by atoms with van der Waals surface area (Å²) in [6.07, 6.45) is 3.16. The molecule has 0 unspecified atom stereocenters.